The zero-order valence-electron chi connectivity index (χ0n) is 7.51. The summed E-state index contributed by atoms with van der Waals surface area (Å²) in [6.45, 7) is 2.70. The molecule has 1 saturated carbocycles. The Kier molecular flexibility index (Phi) is 2.40. The Morgan fingerprint density at radius 2 is 2.08 bits per heavy atom. The van der Waals surface area contributed by atoms with Crippen LogP contribution in [0.5, 0.6) is 0 Å². The highest BCUT2D eigenvalue weighted by atomic mass is 19.1. The van der Waals surface area contributed by atoms with E-state index in [1.807, 2.05) is 0 Å². The summed E-state index contributed by atoms with van der Waals surface area (Å²) in [5, 5.41) is 8.80. The van der Waals surface area contributed by atoms with Crippen molar-refractivity contribution in [2.24, 2.45) is 11.8 Å². The van der Waals surface area contributed by atoms with Crippen molar-refractivity contribution >= 4 is 5.97 Å². The largest absolute Gasteiger partial charge is 0.481 e. The molecule has 1 aliphatic carbocycles. The molecule has 0 radical (unpaired) electrons. The molecule has 0 aromatic rings. The molecule has 1 unspecified atom stereocenters. The summed E-state index contributed by atoms with van der Waals surface area (Å²) in [7, 11) is 0. The number of carboxylic acid groups (broad SMARTS) is 1. The molecule has 1 fully saturated rings. The van der Waals surface area contributed by atoms with Crippen LogP contribution in [0.3, 0.4) is 0 Å². The Hall–Kier alpha value is -0.600. The molecule has 0 amide bonds. The maximum Gasteiger partial charge on any atom is 0.310 e. The molecule has 70 valence electrons. The lowest BCUT2D eigenvalue weighted by atomic mass is 9.70. The smallest absolute Gasteiger partial charge is 0.310 e. The van der Waals surface area contributed by atoms with Crippen LogP contribution in [-0.4, -0.2) is 16.7 Å². The molecule has 0 heterocycles. The number of alkyl halides is 1. The highest BCUT2D eigenvalue weighted by Crippen LogP contribution is 2.40. The van der Waals surface area contributed by atoms with Gasteiger partial charge < -0.3 is 5.11 Å². The zero-order chi connectivity index (χ0) is 9.35. The molecule has 0 bridgehead atoms. The predicted octanol–water partition coefficient (Wildman–Crippen LogP) is 2.24. The summed E-state index contributed by atoms with van der Waals surface area (Å²) >= 11 is 0. The molecule has 0 spiro atoms. The van der Waals surface area contributed by atoms with Crippen LogP contribution >= 0.6 is 0 Å². The fourth-order valence-electron chi connectivity index (χ4n) is 1.83. The Morgan fingerprint density at radius 1 is 1.58 bits per heavy atom. The Balaban J connectivity index is 2.67. The van der Waals surface area contributed by atoms with E-state index in [4.69, 9.17) is 5.11 Å². The second-order valence-corrected chi connectivity index (χ2v) is 4.07. The van der Waals surface area contributed by atoms with Gasteiger partial charge in [-0.05, 0) is 32.6 Å². The molecule has 0 aromatic heterocycles. The highest BCUT2D eigenvalue weighted by Gasteiger charge is 2.43. The Morgan fingerprint density at radius 3 is 2.17 bits per heavy atom. The van der Waals surface area contributed by atoms with Gasteiger partial charge in [-0.2, -0.15) is 0 Å². The molecule has 12 heavy (non-hydrogen) atoms. The molecule has 0 aromatic carbocycles. The van der Waals surface area contributed by atoms with Crippen molar-refractivity contribution in [1.29, 1.82) is 0 Å². The highest BCUT2D eigenvalue weighted by molar-refractivity contribution is 5.72. The fourth-order valence-corrected chi connectivity index (χ4v) is 1.83. The van der Waals surface area contributed by atoms with Gasteiger partial charge >= 0.3 is 5.97 Å². The lowest BCUT2D eigenvalue weighted by molar-refractivity contribution is -0.151. The van der Waals surface area contributed by atoms with Gasteiger partial charge in [0.15, 0.2) is 0 Å². The van der Waals surface area contributed by atoms with Crippen LogP contribution in [0.15, 0.2) is 0 Å². The second-order valence-electron chi connectivity index (χ2n) is 4.07. The predicted molar refractivity (Wildman–Crippen MR) is 43.7 cm³/mol. The molecule has 1 rings (SSSR count). The third-order valence-corrected chi connectivity index (χ3v) is 2.63. The van der Waals surface area contributed by atoms with Gasteiger partial charge in [0.1, 0.15) is 5.67 Å². The molecular weight excluding hydrogens is 159 g/mol. The quantitative estimate of drug-likeness (QED) is 0.712. The van der Waals surface area contributed by atoms with Crippen molar-refractivity contribution in [1.82, 2.24) is 0 Å². The van der Waals surface area contributed by atoms with Gasteiger partial charge in [-0.1, -0.05) is 6.42 Å². The van der Waals surface area contributed by atoms with Crippen molar-refractivity contribution in [2.45, 2.75) is 38.8 Å². The molecule has 1 atom stereocenters. The van der Waals surface area contributed by atoms with E-state index >= 15 is 0 Å². The normalized spacial score (nSPS) is 21.6. The number of hydrogen-bond acceptors (Lipinski definition) is 1. The molecule has 0 saturated heterocycles. The van der Waals surface area contributed by atoms with Crippen LogP contribution in [-0.2, 0) is 4.79 Å². The van der Waals surface area contributed by atoms with E-state index < -0.39 is 17.6 Å². The van der Waals surface area contributed by atoms with Gasteiger partial charge in [0.05, 0.1) is 5.92 Å². The standard InChI is InChI=1S/C9H15FO2/c1-9(2,10)7(8(11)12)6-4-3-5-6/h6-7H,3-5H2,1-2H3,(H,11,12). The average Bonchev–Trinajstić information content (AvgIpc) is 1.73. The van der Waals surface area contributed by atoms with Crippen LogP contribution in [0, 0.1) is 11.8 Å². The summed E-state index contributed by atoms with van der Waals surface area (Å²) < 4.78 is 13.4. The van der Waals surface area contributed by atoms with Crippen molar-refractivity contribution in [3.63, 3.8) is 0 Å². The van der Waals surface area contributed by atoms with E-state index in [0.29, 0.717) is 0 Å². The van der Waals surface area contributed by atoms with Crippen LogP contribution in [0.4, 0.5) is 4.39 Å². The van der Waals surface area contributed by atoms with Gasteiger partial charge in [0.2, 0.25) is 0 Å². The summed E-state index contributed by atoms with van der Waals surface area (Å²) in [5.41, 5.74) is -1.59. The first kappa shape index (κ1) is 9.49. The van der Waals surface area contributed by atoms with E-state index in [9.17, 15) is 9.18 Å². The van der Waals surface area contributed by atoms with E-state index in [0.717, 1.165) is 19.3 Å². The van der Waals surface area contributed by atoms with Crippen LogP contribution in [0.1, 0.15) is 33.1 Å². The molecule has 1 aliphatic rings. The number of aliphatic carboxylic acids is 1. The van der Waals surface area contributed by atoms with Crippen molar-refractivity contribution in [2.75, 3.05) is 0 Å². The van der Waals surface area contributed by atoms with Gasteiger partial charge in [-0.15, -0.1) is 0 Å². The number of carboxylic acids is 1. The summed E-state index contributed by atoms with van der Waals surface area (Å²) in [6, 6.07) is 0. The number of rotatable bonds is 3. The van der Waals surface area contributed by atoms with E-state index in [1.54, 1.807) is 0 Å². The zero-order valence-corrected chi connectivity index (χ0v) is 7.51. The van der Waals surface area contributed by atoms with Gasteiger partial charge in [0, 0.05) is 0 Å². The lowest BCUT2D eigenvalue weighted by Gasteiger charge is -2.36. The molecular formula is C9H15FO2. The summed E-state index contributed by atoms with van der Waals surface area (Å²) in [4.78, 5) is 10.7. The van der Waals surface area contributed by atoms with E-state index in [1.165, 1.54) is 13.8 Å². The molecule has 1 N–H and O–H groups in total. The van der Waals surface area contributed by atoms with Crippen molar-refractivity contribution < 1.29 is 14.3 Å². The fraction of sp³-hybridized carbons (Fsp3) is 0.889. The van der Waals surface area contributed by atoms with Crippen molar-refractivity contribution in [3.8, 4) is 0 Å². The minimum Gasteiger partial charge on any atom is -0.481 e. The van der Waals surface area contributed by atoms with E-state index in [2.05, 4.69) is 0 Å². The third kappa shape index (κ3) is 1.76. The Labute approximate surface area is 71.8 Å². The van der Waals surface area contributed by atoms with Crippen molar-refractivity contribution in [3.05, 3.63) is 0 Å². The lowest BCUT2D eigenvalue weighted by Crippen LogP contribution is -2.41. The second kappa shape index (κ2) is 3.04. The monoisotopic (exact) mass is 174 g/mol. The SMILES string of the molecule is CC(C)(F)C(C(=O)O)C1CCC1. The summed E-state index contributed by atoms with van der Waals surface area (Å²) in [5.74, 6) is -1.75. The number of hydrogen-bond donors (Lipinski definition) is 1. The van der Waals surface area contributed by atoms with Crippen LogP contribution < -0.4 is 0 Å². The minimum absolute atomic E-state index is 0.0579. The molecule has 3 heteroatoms. The number of carbonyl (C=O) groups is 1. The first-order chi connectivity index (χ1) is 5.43. The minimum atomic E-state index is -1.59. The Bertz CT molecular complexity index is 179. The average molecular weight is 174 g/mol. The molecule has 2 nitrogen and oxygen atoms in total. The van der Waals surface area contributed by atoms with Gasteiger partial charge in [-0.3, -0.25) is 4.79 Å². The van der Waals surface area contributed by atoms with E-state index in [-0.39, 0.29) is 5.92 Å². The number of halogens is 1. The first-order valence-electron chi connectivity index (χ1n) is 4.34. The van der Waals surface area contributed by atoms with Gasteiger partial charge in [-0.25, -0.2) is 4.39 Å². The topological polar surface area (TPSA) is 37.3 Å². The first-order valence-corrected chi connectivity index (χ1v) is 4.34. The maximum atomic E-state index is 13.4. The third-order valence-electron chi connectivity index (χ3n) is 2.63. The van der Waals surface area contributed by atoms with Crippen LogP contribution in [0.2, 0.25) is 0 Å². The summed E-state index contributed by atoms with van der Waals surface area (Å²) in [6.07, 6.45) is 2.78. The molecule has 0 aliphatic heterocycles. The van der Waals surface area contributed by atoms with Crippen LogP contribution in [0.25, 0.3) is 0 Å². The van der Waals surface area contributed by atoms with Gasteiger partial charge in [0.25, 0.3) is 0 Å². The maximum absolute atomic E-state index is 13.4.